The molecule has 2 bridgehead atoms. The minimum absolute atomic E-state index is 0. The fourth-order valence-electron chi connectivity index (χ4n) is 4.56. The van der Waals surface area contributed by atoms with Crippen LogP contribution in [0.25, 0.3) is 5.69 Å². The van der Waals surface area contributed by atoms with Crippen LogP contribution in [0.5, 0.6) is 5.75 Å². The minimum atomic E-state index is 0. The van der Waals surface area contributed by atoms with Crippen LogP contribution in [-0.2, 0) is 0 Å². The molecule has 5 nitrogen and oxygen atoms in total. The number of rotatable bonds is 4. The number of ether oxygens (including phenoxy) is 1. The maximum Gasteiger partial charge on any atom is 0.253 e. The summed E-state index contributed by atoms with van der Waals surface area (Å²) in [5, 5.41) is 6.90. The molecule has 6 heteroatoms. The van der Waals surface area contributed by atoms with Gasteiger partial charge in [0.15, 0.2) is 0 Å². The lowest BCUT2D eigenvalue weighted by Crippen LogP contribution is -2.48. The summed E-state index contributed by atoms with van der Waals surface area (Å²) in [6.45, 7) is 4.05. The van der Waals surface area contributed by atoms with Gasteiger partial charge in [0, 0.05) is 35.2 Å². The van der Waals surface area contributed by atoms with Gasteiger partial charge in [0.1, 0.15) is 5.75 Å². The number of nitrogens with one attached hydrogen (secondary N) is 2. The number of methoxy groups -OCH3 is 1. The Balaban J connectivity index is 0.00000210. The Kier molecular flexibility index (Phi) is 5.82. The second kappa shape index (κ2) is 7.95. The molecule has 2 atom stereocenters. The number of amides is 1. The van der Waals surface area contributed by atoms with Gasteiger partial charge in [-0.3, -0.25) is 4.79 Å². The normalized spacial score (nSPS) is 23.6. The van der Waals surface area contributed by atoms with E-state index in [4.69, 9.17) is 4.74 Å². The van der Waals surface area contributed by atoms with Crippen molar-refractivity contribution in [1.29, 1.82) is 0 Å². The number of piperidine rings is 1. The highest BCUT2D eigenvalue weighted by Crippen LogP contribution is 2.28. The van der Waals surface area contributed by atoms with Crippen LogP contribution in [0.15, 0.2) is 30.3 Å². The summed E-state index contributed by atoms with van der Waals surface area (Å²) in [5.41, 5.74) is 3.84. The lowest BCUT2D eigenvalue weighted by Gasteiger charge is -2.29. The summed E-state index contributed by atoms with van der Waals surface area (Å²) in [4.78, 5) is 12.9. The molecule has 146 valence electrons. The first-order chi connectivity index (χ1) is 12.5. The van der Waals surface area contributed by atoms with E-state index in [2.05, 4.69) is 15.2 Å². The zero-order chi connectivity index (χ0) is 18.3. The quantitative estimate of drug-likeness (QED) is 0.840. The molecular weight excluding hydrogens is 362 g/mol. The number of aryl methyl sites for hydroxylation is 1. The summed E-state index contributed by atoms with van der Waals surface area (Å²) in [7, 11) is 1.66. The van der Waals surface area contributed by atoms with Gasteiger partial charge in [0.05, 0.1) is 12.7 Å². The van der Waals surface area contributed by atoms with Gasteiger partial charge in [-0.1, -0.05) is 0 Å². The van der Waals surface area contributed by atoms with Gasteiger partial charge < -0.3 is 19.9 Å². The van der Waals surface area contributed by atoms with Crippen LogP contribution >= 0.6 is 12.4 Å². The Bertz CT molecular complexity index is 804. The smallest absolute Gasteiger partial charge is 0.253 e. The molecule has 1 aromatic carbocycles. The van der Waals surface area contributed by atoms with E-state index < -0.39 is 0 Å². The van der Waals surface area contributed by atoms with Gasteiger partial charge >= 0.3 is 0 Å². The number of fused-ring (bicyclic) bond motifs is 2. The standard InChI is InChI=1S/C21H27N3O2.ClH/c1-13-10-20(14(2)24(13)18-6-8-19(26-3)9-7-18)21(25)23-17-11-15-4-5-16(12-17)22-15;/h6-10,15-17,22H,4-5,11-12H2,1-3H3,(H,23,25);1H. The minimum Gasteiger partial charge on any atom is -0.497 e. The lowest BCUT2D eigenvalue weighted by atomic mass is 9.99. The third-order valence-corrected chi connectivity index (χ3v) is 5.81. The first-order valence-electron chi connectivity index (χ1n) is 9.45. The Morgan fingerprint density at radius 3 is 2.37 bits per heavy atom. The molecule has 0 saturated carbocycles. The highest BCUT2D eigenvalue weighted by molar-refractivity contribution is 5.96. The monoisotopic (exact) mass is 389 g/mol. The zero-order valence-corrected chi connectivity index (χ0v) is 16.9. The van der Waals surface area contributed by atoms with Gasteiger partial charge in [-0.15, -0.1) is 12.4 Å². The van der Waals surface area contributed by atoms with Crippen LogP contribution in [0, 0.1) is 13.8 Å². The number of nitrogens with zero attached hydrogens (tertiary/aromatic N) is 1. The molecule has 2 aliphatic rings. The predicted molar refractivity (Wildman–Crippen MR) is 109 cm³/mol. The van der Waals surface area contributed by atoms with E-state index in [0.29, 0.717) is 12.1 Å². The van der Waals surface area contributed by atoms with Crippen LogP contribution in [-0.4, -0.2) is 35.7 Å². The molecule has 1 aromatic heterocycles. The van der Waals surface area contributed by atoms with E-state index in [9.17, 15) is 4.79 Å². The van der Waals surface area contributed by atoms with Crippen molar-refractivity contribution in [2.24, 2.45) is 0 Å². The molecule has 0 spiro atoms. The van der Waals surface area contributed by atoms with Crippen LogP contribution in [0.2, 0.25) is 0 Å². The topological polar surface area (TPSA) is 55.3 Å². The first kappa shape index (κ1) is 19.8. The van der Waals surface area contributed by atoms with Crippen LogP contribution in [0.4, 0.5) is 0 Å². The Morgan fingerprint density at radius 1 is 1.15 bits per heavy atom. The highest BCUT2D eigenvalue weighted by Gasteiger charge is 2.34. The van der Waals surface area contributed by atoms with Gasteiger partial charge in [-0.25, -0.2) is 0 Å². The summed E-state index contributed by atoms with van der Waals surface area (Å²) < 4.78 is 7.36. The maximum absolute atomic E-state index is 12.9. The SMILES string of the molecule is COc1ccc(-n2c(C)cc(C(=O)NC3CC4CCC(C3)N4)c2C)cc1.Cl. The van der Waals surface area contributed by atoms with Gasteiger partial charge in [-0.2, -0.15) is 0 Å². The van der Waals surface area contributed by atoms with Crippen molar-refractivity contribution in [3.8, 4) is 11.4 Å². The molecule has 2 fully saturated rings. The van der Waals surface area contributed by atoms with E-state index in [-0.39, 0.29) is 24.4 Å². The number of carbonyl (C=O) groups excluding carboxylic acids is 1. The number of hydrogen-bond donors (Lipinski definition) is 2. The van der Waals surface area contributed by atoms with E-state index >= 15 is 0 Å². The fourth-order valence-corrected chi connectivity index (χ4v) is 4.56. The number of aromatic nitrogens is 1. The average Bonchev–Trinajstić information content (AvgIpc) is 3.13. The van der Waals surface area contributed by atoms with E-state index in [1.54, 1.807) is 7.11 Å². The molecule has 4 rings (SSSR count). The molecule has 2 aromatic rings. The maximum atomic E-state index is 12.9. The number of carbonyl (C=O) groups is 1. The van der Waals surface area contributed by atoms with Crippen molar-refractivity contribution in [2.45, 2.75) is 57.7 Å². The summed E-state index contributed by atoms with van der Waals surface area (Å²) in [5.74, 6) is 0.874. The lowest BCUT2D eigenvalue weighted by molar-refractivity contribution is 0.0923. The van der Waals surface area contributed by atoms with Crippen molar-refractivity contribution in [3.05, 3.63) is 47.3 Å². The molecule has 3 heterocycles. The zero-order valence-electron chi connectivity index (χ0n) is 16.1. The molecule has 2 aliphatic heterocycles. The Labute approximate surface area is 166 Å². The molecule has 0 aliphatic carbocycles. The van der Waals surface area contributed by atoms with Gasteiger partial charge in [-0.05, 0) is 69.9 Å². The van der Waals surface area contributed by atoms with Crippen molar-refractivity contribution < 1.29 is 9.53 Å². The molecule has 27 heavy (non-hydrogen) atoms. The van der Waals surface area contributed by atoms with Crippen LogP contribution in [0.3, 0.4) is 0 Å². The number of benzene rings is 1. The van der Waals surface area contributed by atoms with Gasteiger partial charge in [0.2, 0.25) is 0 Å². The van der Waals surface area contributed by atoms with Crippen molar-refractivity contribution in [1.82, 2.24) is 15.2 Å². The largest absolute Gasteiger partial charge is 0.497 e. The molecule has 1 amide bonds. The Morgan fingerprint density at radius 2 is 1.78 bits per heavy atom. The first-order valence-corrected chi connectivity index (χ1v) is 9.45. The third-order valence-electron chi connectivity index (χ3n) is 5.81. The molecule has 2 unspecified atom stereocenters. The fraction of sp³-hybridized carbons (Fsp3) is 0.476. The Hall–Kier alpha value is -1.98. The van der Waals surface area contributed by atoms with E-state index in [0.717, 1.165) is 41.2 Å². The van der Waals surface area contributed by atoms with E-state index in [1.807, 2.05) is 44.2 Å². The third kappa shape index (κ3) is 3.85. The van der Waals surface area contributed by atoms with Crippen LogP contribution < -0.4 is 15.4 Å². The summed E-state index contributed by atoms with van der Waals surface area (Å²) >= 11 is 0. The van der Waals surface area contributed by atoms with Gasteiger partial charge in [0.25, 0.3) is 5.91 Å². The second-order valence-corrected chi connectivity index (χ2v) is 7.60. The van der Waals surface area contributed by atoms with Crippen molar-refractivity contribution >= 4 is 18.3 Å². The van der Waals surface area contributed by atoms with Crippen molar-refractivity contribution in [3.63, 3.8) is 0 Å². The molecule has 2 N–H and O–H groups in total. The molecule has 2 saturated heterocycles. The number of hydrogen-bond acceptors (Lipinski definition) is 3. The second-order valence-electron chi connectivity index (χ2n) is 7.60. The van der Waals surface area contributed by atoms with Crippen LogP contribution in [0.1, 0.15) is 47.4 Å². The molecule has 0 radical (unpaired) electrons. The molecular formula is C21H28ClN3O2. The average molecular weight is 390 g/mol. The number of halogens is 1. The van der Waals surface area contributed by atoms with E-state index in [1.165, 1.54) is 12.8 Å². The summed E-state index contributed by atoms with van der Waals surface area (Å²) in [6, 6.07) is 11.3. The van der Waals surface area contributed by atoms with Crippen molar-refractivity contribution in [2.75, 3.05) is 7.11 Å². The summed E-state index contributed by atoms with van der Waals surface area (Å²) in [6.07, 6.45) is 4.56. The highest BCUT2D eigenvalue weighted by atomic mass is 35.5. The predicted octanol–water partition coefficient (Wildman–Crippen LogP) is 3.54.